The van der Waals surface area contributed by atoms with Gasteiger partial charge in [-0.3, -0.25) is 0 Å². The maximum atomic E-state index is 5.91. The van der Waals surface area contributed by atoms with Crippen LogP contribution in [0.15, 0.2) is 42.5 Å². The smallest absolute Gasteiger partial charge is 0.130 e. The molecule has 0 amide bonds. The minimum Gasteiger partial charge on any atom is -0.496 e. The Bertz CT molecular complexity index is 927. The fourth-order valence-corrected chi connectivity index (χ4v) is 10.5. The average molecular weight is 449 g/mol. The highest BCUT2D eigenvalue weighted by Gasteiger charge is 2.39. The van der Waals surface area contributed by atoms with Gasteiger partial charge in [-0.25, -0.2) is 0 Å². The first-order valence-corrected chi connectivity index (χ1v) is 14.1. The molecule has 5 rings (SSSR count). The number of hydrogen-bond acceptors (Lipinski definition) is 2. The molecule has 2 nitrogen and oxygen atoms in total. The van der Waals surface area contributed by atoms with E-state index in [4.69, 9.17) is 9.47 Å². The maximum absolute atomic E-state index is 5.91. The molecular weight excluding hydrogens is 411 g/mol. The molecule has 0 N–H and O–H groups in total. The predicted molar refractivity (Wildman–Crippen MR) is 137 cm³/mol. The highest BCUT2D eigenvalue weighted by molar-refractivity contribution is 7.70. The number of allylic oxidation sites excluding steroid dienone is 1. The summed E-state index contributed by atoms with van der Waals surface area (Å²) in [7, 11) is 3.38. The molecule has 0 atom stereocenters. The number of ether oxygens (including phenoxy) is 2. The van der Waals surface area contributed by atoms with Crippen LogP contribution in [0.3, 0.4) is 0 Å². The van der Waals surface area contributed by atoms with Crippen LogP contribution < -0.4 is 9.47 Å². The second-order valence-electron chi connectivity index (χ2n) is 9.69. The van der Waals surface area contributed by atoms with Crippen LogP contribution in [-0.4, -0.2) is 25.5 Å². The molecular formula is C29H37O2P. The Morgan fingerprint density at radius 1 is 0.688 bits per heavy atom. The van der Waals surface area contributed by atoms with Gasteiger partial charge in [0.25, 0.3) is 0 Å². The van der Waals surface area contributed by atoms with Crippen LogP contribution in [0, 0.1) is 0 Å². The van der Waals surface area contributed by atoms with Gasteiger partial charge in [0.15, 0.2) is 0 Å². The van der Waals surface area contributed by atoms with Gasteiger partial charge in [-0.1, -0.05) is 76.8 Å². The molecule has 3 heteroatoms. The largest absolute Gasteiger partial charge is 0.496 e. The number of hydrogen-bond donors (Lipinski definition) is 0. The van der Waals surface area contributed by atoms with Gasteiger partial charge in [-0.05, 0) is 77.6 Å². The Balaban J connectivity index is 1.71. The minimum absolute atomic E-state index is 0.214. The van der Waals surface area contributed by atoms with Crippen molar-refractivity contribution in [3.05, 3.63) is 59.2 Å². The molecule has 0 bridgehead atoms. The van der Waals surface area contributed by atoms with Crippen molar-refractivity contribution >= 4 is 18.8 Å². The second-order valence-corrected chi connectivity index (χ2v) is 12.4. The molecule has 0 aromatic heterocycles. The molecule has 2 aromatic carbocycles. The van der Waals surface area contributed by atoms with Crippen molar-refractivity contribution in [2.45, 2.75) is 81.9 Å². The molecule has 0 heterocycles. The summed E-state index contributed by atoms with van der Waals surface area (Å²) in [6.07, 6.45) is 15.2. The molecule has 0 saturated heterocycles. The lowest BCUT2D eigenvalue weighted by molar-refractivity contribution is 0.392. The Morgan fingerprint density at radius 2 is 1.25 bits per heavy atom. The zero-order valence-corrected chi connectivity index (χ0v) is 20.6. The van der Waals surface area contributed by atoms with Crippen molar-refractivity contribution in [3.63, 3.8) is 0 Å². The van der Waals surface area contributed by atoms with Gasteiger partial charge in [0.2, 0.25) is 0 Å². The van der Waals surface area contributed by atoms with Crippen molar-refractivity contribution in [2.24, 2.45) is 0 Å². The zero-order valence-electron chi connectivity index (χ0n) is 19.7. The van der Waals surface area contributed by atoms with Crippen LogP contribution in [0.5, 0.6) is 11.5 Å². The van der Waals surface area contributed by atoms with E-state index in [0.29, 0.717) is 0 Å². The van der Waals surface area contributed by atoms with Crippen molar-refractivity contribution in [3.8, 4) is 11.5 Å². The molecule has 2 aromatic rings. The SMILES string of the molecule is COc1cccc(OC)c1C1=C(P(C2CCCCC2)C2CCCCC2)c2ccccc2C1. The quantitative estimate of drug-likeness (QED) is 0.414. The van der Waals surface area contributed by atoms with Crippen molar-refractivity contribution < 1.29 is 9.47 Å². The topological polar surface area (TPSA) is 18.5 Å². The highest BCUT2D eigenvalue weighted by Crippen LogP contribution is 2.68. The Labute approximate surface area is 195 Å². The Morgan fingerprint density at radius 3 is 1.81 bits per heavy atom. The molecule has 2 saturated carbocycles. The zero-order chi connectivity index (χ0) is 21.9. The number of benzene rings is 2. The summed E-state index contributed by atoms with van der Waals surface area (Å²) in [5.74, 6) is 1.90. The van der Waals surface area contributed by atoms with Crippen LogP contribution in [0.1, 0.15) is 80.9 Å². The van der Waals surface area contributed by atoms with E-state index < -0.39 is 0 Å². The van der Waals surface area contributed by atoms with Gasteiger partial charge in [-0.2, -0.15) is 0 Å². The summed E-state index contributed by atoms with van der Waals surface area (Å²) in [5.41, 5.74) is 7.45. The van der Waals surface area contributed by atoms with Crippen molar-refractivity contribution in [1.82, 2.24) is 0 Å². The van der Waals surface area contributed by atoms with Gasteiger partial charge in [0, 0.05) is 0 Å². The lowest BCUT2D eigenvalue weighted by atomic mass is 9.99. The third kappa shape index (κ3) is 4.12. The minimum atomic E-state index is -0.214. The summed E-state index contributed by atoms with van der Waals surface area (Å²) in [6, 6.07) is 15.5. The molecule has 3 aliphatic carbocycles. The fraction of sp³-hybridized carbons (Fsp3) is 0.517. The van der Waals surface area contributed by atoms with Crippen LogP contribution >= 0.6 is 7.92 Å². The van der Waals surface area contributed by atoms with E-state index >= 15 is 0 Å². The molecule has 170 valence electrons. The van der Waals surface area contributed by atoms with E-state index in [1.54, 1.807) is 19.5 Å². The summed E-state index contributed by atoms with van der Waals surface area (Å²) in [5, 5.41) is 1.69. The number of fused-ring (bicyclic) bond motifs is 1. The molecule has 3 aliphatic rings. The van der Waals surface area contributed by atoms with Crippen LogP contribution in [-0.2, 0) is 6.42 Å². The summed E-state index contributed by atoms with van der Waals surface area (Å²) < 4.78 is 11.8. The summed E-state index contributed by atoms with van der Waals surface area (Å²) >= 11 is 0. The van der Waals surface area contributed by atoms with Gasteiger partial charge >= 0.3 is 0 Å². The van der Waals surface area contributed by atoms with Gasteiger partial charge in [0.1, 0.15) is 11.5 Å². The van der Waals surface area contributed by atoms with E-state index in [2.05, 4.69) is 42.5 Å². The average Bonchev–Trinajstić information content (AvgIpc) is 3.24. The number of rotatable bonds is 6. The highest BCUT2D eigenvalue weighted by atomic mass is 31.1. The third-order valence-electron chi connectivity index (χ3n) is 7.85. The van der Waals surface area contributed by atoms with E-state index in [-0.39, 0.29) is 7.92 Å². The van der Waals surface area contributed by atoms with Gasteiger partial charge in [0.05, 0.1) is 19.8 Å². The van der Waals surface area contributed by atoms with Crippen molar-refractivity contribution in [1.29, 1.82) is 0 Å². The van der Waals surface area contributed by atoms with E-state index in [1.165, 1.54) is 86.5 Å². The summed E-state index contributed by atoms with van der Waals surface area (Å²) in [6.45, 7) is 0. The monoisotopic (exact) mass is 448 g/mol. The van der Waals surface area contributed by atoms with E-state index in [9.17, 15) is 0 Å². The first-order valence-electron chi connectivity index (χ1n) is 12.6. The molecule has 0 spiro atoms. The number of methoxy groups -OCH3 is 2. The predicted octanol–water partition coefficient (Wildman–Crippen LogP) is 8.28. The normalized spacial score (nSPS) is 20.0. The Kier molecular flexibility index (Phi) is 6.88. The first-order chi connectivity index (χ1) is 15.8. The first kappa shape index (κ1) is 22.0. The van der Waals surface area contributed by atoms with Gasteiger partial charge < -0.3 is 9.47 Å². The maximum Gasteiger partial charge on any atom is 0.130 e. The Hall–Kier alpha value is -1.79. The van der Waals surface area contributed by atoms with Crippen LogP contribution in [0.2, 0.25) is 0 Å². The molecule has 0 aliphatic heterocycles. The fourth-order valence-electron chi connectivity index (χ4n) is 6.37. The van der Waals surface area contributed by atoms with E-state index in [0.717, 1.165) is 29.2 Å². The third-order valence-corrected chi connectivity index (χ3v) is 11.5. The van der Waals surface area contributed by atoms with Crippen LogP contribution in [0.4, 0.5) is 0 Å². The molecule has 2 fully saturated rings. The van der Waals surface area contributed by atoms with Crippen molar-refractivity contribution in [2.75, 3.05) is 14.2 Å². The molecule has 0 radical (unpaired) electrons. The van der Waals surface area contributed by atoms with E-state index in [1.807, 2.05) is 0 Å². The second kappa shape index (κ2) is 10.0. The van der Waals surface area contributed by atoms with Crippen LogP contribution in [0.25, 0.3) is 10.9 Å². The standard InChI is InChI=1S/C29H37O2P/c1-30-26-18-11-19-27(31-2)28(26)25-20-21-12-9-10-17-24(21)29(25)32(22-13-5-3-6-14-22)23-15-7-4-8-16-23/h9-12,17-19,22-23H,3-8,13-16,20H2,1-2H3. The van der Waals surface area contributed by atoms with Gasteiger partial charge in [-0.15, -0.1) is 0 Å². The molecule has 32 heavy (non-hydrogen) atoms. The summed E-state index contributed by atoms with van der Waals surface area (Å²) in [4.78, 5) is 0. The lowest BCUT2D eigenvalue weighted by Gasteiger charge is -2.40. The molecule has 0 unspecified atom stereocenters. The lowest BCUT2D eigenvalue weighted by Crippen LogP contribution is -2.21.